The van der Waals surface area contributed by atoms with E-state index in [1.54, 1.807) is 6.07 Å². The van der Waals surface area contributed by atoms with Crippen LogP contribution in [0.3, 0.4) is 0 Å². The van der Waals surface area contributed by atoms with E-state index in [9.17, 15) is 36.2 Å². The second-order valence-electron chi connectivity index (χ2n) is 6.94. The van der Waals surface area contributed by atoms with Gasteiger partial charge in [-0.25, -0.2) is 12.8 Å². The molecule has 0 amide bonds. The largest absolute Gasteiger partial charge is 0.486 e. The van der Waals surface area contributed by atoms with E-state index in [-0.39, 0.29) is 5.75 Å². The molecule has 3 rings (SSSR count). The number of nitriles is 1. The number of hydrogen-bond donors (Lipinski definition) is 2. The standard InChI is InChI=1S/C19H16F4N2O5S/c20-14-3-6-16(12(7-14)8-24)31(28,29)25-9-17(18(27,10-25)11-26)30-15-4-1-13(2-5-15)19(21,22)23/h1-7,17,26-27H,9-11H2/t17-,18+/m0/s1. The maximum atomic E-state index is 13.4. The topological polar surface area (TPSA) is 111 Å². The Morgan fingerprint density at radius 1 is 1.23 bits per heavy atom. The predicted molar refractivity (Wildman–Crippen MR) is 97.8 cm³/mol. The number of rotatable bonds is 5. The summed E-state index contributed by atoms with van der Waals surface area (Å²) in [5, 5.41) is 29.4. The first-order valence-corrected chi connectivity index (χ1v) is 10.2. The molecule has 7 nitrogen and oxygen atoms in total. The van der Waals surface area contributed by atoms with Crippen LogP contribution in [-0.4, -0.2) is 54.3 Å². The van der Waals surface area contributed by atoms with E-state index in [1.165, 1.54) is 0 Å². The van der Waals surface area contributed by atoms with Gasteiger partial charge in [-0.2, -0.15) is 22.7 Å². The maximum Gasteiger partial charge on any atom is 0.416 e. The lowest BCUT2D eigenvalue weighted by atomic mass is 10.0. The number of benzene rings is 2. The number of nitrogens with zero attached hydrogens (tertiary/aromatic N) is 2. The van der Waals surface area contributed by atoms with Crippen LogP contribution < -0.4 is 4.74 Å². The molecule has 31 heavy (non-hydrogen) atoms. The summed E-state index contributed by atoms with van der Waals surface area (Å²) in [4.78, 5) is -0.494. The molecule has 2 aromatic rings. The zero-order valence-corrected chi connectivity index (χ0v) is 16.5. The summed E-state index contributed by atoms with van der Waals surface area (Å²) in [5.74, 6) is -0.893. The molecule has 1 aliphatic rings. The highest BCUT2D eigenvalue weighted by Crippen LogP contribution is 2.34. The van der Waals surface area contributed by atoms with Crippen LogP contribution in [0, 0.1) is 17.1 Å². The van der Waals surface area contributed by atoms with Gasteiger partial charge < -0.3 is 14.9 Å². The molecule has 2 atom stereocenters. The lowest BCUT2D eigenvalue weighted by Crippen LogP contribution is -2.48. The van der Waals surface area contributed by atoms with Crippen LogP contribution in [0.1, 0.15) is 11.1 Å². The van der Waals surface area contributed by atoms with E-state index in [1.807, 2.05) is 0 Å². The second kappa shape index (κ2) is 8.08. The molecule has 1 saturated heterocycles. The van der Waals surface area contributed by atoms with E-state index < -0.39 is 69.4 Å². The van der Waals surface area contributed by atoms with Gasteiger partial charge in [0, 0.05) is 6.54 Å². The number of alkyl halides is 3. The first-order chi connectivity index (χ1) is 14.4. The van der Waals surface area contributed by atoms with Crippen LogP contribution in [0.15, 0.2) is 47.4 Å². The van der Waals surface area contributed by atoms with Crippen molar-refractivity contribution in [2.45, 2.75) is 22.8 Å². The minimum atomic E-state index is -4.56. The first-order valence-electron chi connectivity index (χ1n) is 8.78. The predicted octanol–water partition coefficient (Wildman–Crippen LogP) is 1.89. The molecule has 0 bridgehead atoms. The Balaban J connectivity index is 1.88. The van der Waals surface area contributed by atoms with E-state index in [4.69, 9.17) is 10.00 Å². The van der Waals surface area contributed by atoms with Gasteiger partial charge in [0.15, 0.2) is 0 Å². The smallest absolute Gasteiger partial charge is 0.416 e. The van der Waals surface area contributed by atoms with Gasteiger partial charge in [-0.05, 0) is 42.5 Å². The average molecular weight is 460 g/mol. The molecule has 0 radical (unpaired) electrons. The van der Waals surface area contributed by atoms with Crippen LogP contribution in [0.4, 0.5) is 17.6 Å². The molecule has 166 valence electrons. The lowest BCUT2D eigenvalue weighted by Gasteiger charge is -2.27. The molecule has 2 aromatic carbocycles. The van der Waals surface area contributed by atoms with Crippen molar-refractivity contribution in [3.8, 4) is 11.8 Å². The molecule has 0 aromatic heterocycles. The molecule has 0 unspecified atom stereocenters. The van der Waals surface area contributed by atoms with Gasteiger partial charge in [0.2, 0.25) is 10.0 Å². The summed E-state index contributed by atoms with van der Waals surface area (Å²) in [5.41, 5.74) is -3.43. The zero-order valence-electron chi connectivity index (χ0n) is 15.7. The molecule has 1 fully saturated rings. The third-order valence-corrected chi connectivity index (χ3v) is 6.70. The molecule has 12 heteroatoms. The normalized spacial score (nSPS) is 22.3. The van der Waals surface area contributed by atoms with Crippen LogP contribution in [-0.2, 0) is 16.2 Å². The van der Waals surface area contributed by atoms with E-state index in [2.05, 4.69) is 0 Å². The third kappa shape index (κ3) is 4.49. The van der Waals surface area contributed by atoms with Gasteiger partial charge in [-0.15, -0.1) is 0 Å². The quantitative estimate of drug-likeness (QED) is 0.660. The van der Waals surface area contributed by atoms with Crippen molar-refractivity contribution in [2.75, 3.05) is 19.7 Å². The van der Waals surface area contributed by atoms with Gasteiger partial charge in [0.1, 0.15) is 34.2 Å². The molecule has 1 heterocycles. The van der Waals surface area contributed by atoms with Crippen molar-refractivity contribution in [2.24, 2.45) is 0 Å². The number of sulfonamides is 1. The number of aliphatic hydroxyl groups excluding tert-OH is 1. The Hall–Kier alpha value is -2.72. The molecule has 0 spiro atoms. The van der Waals surface area contributed by atoms with E-state index >= 15 is 0 Å². The summed E-state index contributed by atoms with van der Waals surface area (Å²) in [7, 11) is -4.39. The highest BCUT2D eigenvalue weighted by atomic mass is 32.2. The Bertz CT molecular complexity index is 1120. The number of ether oxygens (including phenoxy) is 1. The fourth-order valence-corrected chi connectivity index (χ4v) is 4.77. The Morgan fingerprint density at radius 3 is 2.42 bits per heavy atom. The SMILES string of the molecule is N#Cc1cc(F)ccc1S(=O)(=O)N1C[C@H](Oc2ccc(C(F)(F)F)cc2)[C@](O)(CO)C1. The molecule has 2 N–H and O–H groups in total. The van der Waals surface area contributed by atoms with Gasteiger partial charge >= 0.3 is 6.18 Å². The van der Waals surface area contributed by atoms with Crippen LogP contribution in [0.2, 0.25) is 0 Å². The summed E-state index contributed by atoms with van der Waals surface area (Å²) < 4.78 is 83.6. The molecular weight excluding hydrogens is 444 g/mol. The van der Waals surface area contributed by atoms with Crippen molar-refractivity contribution in [1.29, 1.82) is 5.26 Å². The number of β-amino-alcohol motifs (C(OH)–C–C–N with tert-alkyl or cyclic N) is 1. The van der Waals surface area contributed by atoms with Crippen molar-refractivity contribution in [3.63, 3.8) is 0 Å². The van der Waals surface area contributed by atoms with Gasteiger partial charge in [0.25, 0.3) is 0 Å². The monoisotopic (exact) mass is 460 g/mol. The van der Waals surface area contributed by atoms with Gasteiger partial charge in [0.05, 0.1) is 24.3 Å². The lowest BCUT2D eigenvalue weighted by molar-refractivity contribution is -0.137. The summed E-state index contributed by atoms with van der Waals surface area (Å²) in [6.07, 6.45) is -5.88. The van der Waals surface area contributed by atoms with Crippen LogP contribution >= 0.6 is 0 Å². The Morgan fingerprint density at radius 2 is 1.87 bits per heavy atom. The summed E-state index contributed by atoms with van der Waals surface area (Å²) >= 11 is 0. The fourth-order valence-electron chi connectivity index (χ4n) is 3.15. The second-order valence-corrected chi connectivity index (χ2v) is 8.85. The first kappa shape index (κ1) is 23.0. The minimum Gasteiger partial charge on any atom is -0.486 e. The zero-order chi connectivity index (χ0) is 23.0. The van der Waals surface area contributed by atoms with Crippen molar-refractivity contribution in [3.05, 3.63) is 59.4 Å². The molecule has 0 saturated carbocycles. The van der Waals surface area contributed by atoms with Crippen LogP contribution in [0.25, 0.3) is 0 Å². The minimum absolute atomic E-state index is 0.0800. The van der Waals surface area contributed by atoms with Gasteiger partial charge in [-0.3, -0.25) is 0 Å². The van der Waals surface area contributed by atoms with Crippen molar-refractivity contribution < 1.29 is 40.9 Å². The average Bonchev–Trinajstić information content (AvgIpc) is 3.05. The van der Waals surface area contributed by atoms with E-state index in [0.29, 0.717) is 0 Å². The number of hydrogen-bond acceptors (Lipinski definition) is 6. The Kier molecular flexibility index (Phi) is 5.98. The van der Waals surface area contributed by atoms with Crippen LogP contribution in [0.5, 0.6) is 5.75 Å². The summed E-state index contributed by atoms with van der Waals surface area (Å²) in [6.45, 7) is -1.99. The highest BCUT2D eigenvalue weighted by Gasteiger charge is 2.51. The van der Waals surface area contributed by atoms with Gasteiger partial charge in [-0.1, -0.05) is 0 Å². The molecule has 1 aliphatic heterocycles. The molecular formula is C19H16F4N2O5S. The third-order valence-electron chi connectivity index (χ3n) is 4.83. The number of aliphatic hydroxyl groups is 2. The number of halogens is 4. The molecule has 0 aliphatic carbocycles. The maximum absolute atomic E-state index is 13.4. The highest BCUT2D eigenvalue weighted by molar-refractivity contribution is 7.89. The fraction of sp³-hybridized carbons (Fsp3) is 0.316. The van der Waals surface area contributed by atoms with E-state index in [0.717, 1.165) is 46.8 Å². The van der Waals surface area contributed by atoms with Crippen molar-refractivity contribution in [1.82, 2.24) is 4.31 Å². The Labute approximate surface area is 174 Å². The summed E-state index contributed by atoms with van der Waals surface area (Å²) in [6, 6.07) is 7.63. The van der Waals surface area contributed by atoms with Crippen molar-refractivity contribution >= 4 is 10.0 Å².